The van der Waals surface area contributed by atoms with Gasteiger partial charge in [-0.05, 0) is 37.5 Å². The molecule has 132 valence electrons. The van der Waals surface area contributed by atoms with Crippen molar-refractivity contribution in [1.82, 2.24) is 5.32 Å². The molecular formula is C17H23FN2O4. The Labute approximate surface area is 140 Å². The van der Waals surface area contributed by atoms with Crippen LogP contribution in [0.5, 0.6) is 0 Å². The molecule has 0 aliphatic rings. The summed E-state index contributed by atoms with van der Waals surface area (Å²) in [5.74, 6) is -2.48. The fourth-order valence-corrected chi connectivity index (χ4v) is 2.57. The molecule has 3 N–H and O–H groups in total. The highest BCUT2D eigenvalue weighted by Crippen LogP contribution is 2.17. The van der Waals surface area contributed by atoms with Gasteiger partial charge in [0.05, 0.1) is 13.5 Å². The van der Waals surface area contributed by atoms with E-state index >= 15 is 0 Å². The maximum absolute atomic E-state index is 13.5. The molecule has 0 aromatic heterocycles. The predicted octanol–water partition coefficient (Wildman–Crippen LogP) is 1.03. The molecule has 0 bridgehead atoms. The number of rotatable bonds is 7. The van der Waals surface area contributed by atoms with Crippen molar-refractivity contribution in [1.29, 1.82) is 0 Å². The minimum Gasteiger partial charge on any atom is -0.467 e. The molecule has 0 aliphatic heterocycles. The number of methoxy groups -OCH3 is 1. The third-order valence-electron chi connectivity index (χ3n) is 3.75. The summed E-state index contributed by atoms with van der Waals surface area (Å²) >= 11 is 0. The van der Waals surface area contributed by atoms with Gasteiger partial charge < -0.3 is 15.8 Å². The number of halogens is 1. The standard InChI is InChI=1S/C17H23FN2O4/c1-9-5-10(2)12(11(3)6-9)7-15(21)20-14(17(23)24-4)8-13(18)16(19)22/h5-6,13-14H,7-8H2,1-4H3,(H2,19,22)(H,20,21)/t13-,14-/m0/s1. The second kappa shape index (κ2) is 8.42. The predicted molar refractivity (Wildman–Crippen MR) is 87.0 cm³/mol. The highest BCUT2D eigenvalue weighted by Gasteiger charge is 2.28. The Morgan fingerprint density at radius 2 is 1.75 bits per heavy atom. The Hall–Kier alpha value is -2.44. The molecule has 0 radical (unpaired) electrons. The number of carbonyl (C=O) groups is 3. The van der Waals surface area contributed by atoms with Crippen LogP contribution in [0.15, 0.2) is 12.1 Å². The highest BCUT2D eigenvalue weighted by molar-refractivity contribution is 5.87. The van der Waals surface area contributed by atoms with Crippen molar-refractivity contribution in [3.63, 3.8) is 0 Å². The molecule has 2 amide bonds. The first kappa shape index (κ1) is 19.6. The van der Waals surface area contributed by atoms with Crippen LogP contribution < -0.4 is 11.1 Å². The van der Waals surface area contributed by atoms with Crippen LogP contribution in [0.1, 0.15) is 28.7 Å². The van der Waals surface area contributed by atoms with Crippen molar-refractivity contribution in [2.45, 2.75) is 45.8 Å². The molecule has 0 fully saturated rings. The largest absolute Gasteiger partial charge is 0.467 e. The molecule has 1 rings (SSSR count). The number of aryl methyl sites for hydroxylation is 3. The molecule has 0 unspecified atom stereocenters. The quantitative estimate of drug-likeness (QED) is 0.725. The van der Waals surface area contributed by atoms with Gasteiger partial charge in [0.25, 0.3) is 5.91 Å². The number of nitrogens with two attached hydrogens (primary N) is 1. The van der Waals surface area contributed by atoms with Gasteiger partial charge >= 0.3 is 5.97 Å². The van der Waals surface area contributed by atoms with Crippen LogP contribution in [0.25, 0.3) is 0 Å². The average Bonchev–Trinajstić information content (AvgIpc) is 2.49. The Balaban J connectivity index is 2.85. The van der Waals surface area contributed by atoms with Gasteiger partial charge in [-0.25, -0.2) is 9.18 Å². The van der Waals surface area contributed by atoms with Crippen LogP contribution in [-0.4, -0.2) is 37.1 Å². The number of hydrogen-bond acceptors (Lipinski definition) is 4. The lowest BCUT2D eigenvalue weighted by Crippen LogP contribution is -2.45. The summed E-state index contributed by atoms with van der Waals surface area (Å²) < 4.78 is 18.0. The molecule has 0 aliphatic carbocycles. The summed E-state index contributed by atoms with van der Waals surface area (Å²) in [6.07, 6.45) is -2.56. The minimum absolute atomic E-state index is 0.0406. The first-order valence-electron chi connectivity index (χ1n) is 7.53. The smallest absolute Gasteiger partial charge is 0.328 e. The highest BCUT2D eigenvalue weighted by atomic mass is 19.1. The lowest BCUT2D eigenvalue weighted by atomic mass is 9.97. The van der Waals surface area contributed by atoms with E-state index in [4.69, 9.17) is 5.73 Å². The molecule has 6 nitrogen and oxygen atoms in total. The number of alkyl halides is 1. The number of amides is 2. The van der Waals surface area contributed by atoms with Crippen LogP contribution in [0.3, 0.4) is 0 Å². The summed E-state index contributed by atoms with van der Waals surface area (Å²) in [5.41, 5.74) is 8.70. The van der Waals surface area contributed by atoms with Gasteiger partial charge in [-0.1, -0.05) is 17.7 Å². The van der Waals surface area contributed by atoms with Gasteiger partial charge in [-0.15, -0.1) is 0 Å². The van der Waals surface area contributed by atoms with Crippen molar-refractivity contribution in [3.8, 4) is 0 Å². The van der Waals surface area contributed by atoms with E-state index in [-0.39, 0.29) is 6.42 Å². The van der Waals surface area contributed by atoms with Crippen molar-refractivity contribution in [3.05, 3.63) is 34.4 Å². The molecule has 24 heavy (non-hydrogen) atoms. The van der Waals surface area contributed by atoms with Gasteiger partial charge in [-0.2, -0.15) is 0 Å². The third kappa shape index (κ3) is 5.33. The van der Waals surface area contributed by atoms with Crippen molar-refractivity contribution in [2.75, 3.05) is 7.11 Å². The zero-order chi connectivity index (χ0) is 18.4. The van der Waals surface area contributed by atoms with E-state index in [9.17, 15) is 18.8 Å². The monoisotopic (exact) mass is 338 g/mol. The second-order valence-corrected chi connectivity index (χ2v) is 5.80. The topological polar surface area (TPSA) is 98.5 Å². The van der Waals surface area contributed by atoms with Crippen molar-refractivity contribution < 1.29 is 23.5 Å². The Kier molecular flexibility index (Phi) is 6.88. The molecule has 7 heteroatoms. The third-order valence-corrected chi connectivity index (χ3v) is 3.75. The van der Waals surface area contributed by atoms with Crippen LogP contribution in [0.2, 0.25) is 0 Å². The summed E-state index contributed by atoms with van der Waals surface area (Å²) in [6, 6.07) is 2.65. The SMILES string of the molecule is COC(=O)[C@H](C[C@H](F)C(N)=O)NC(=O)Cc1c(C)cc(C)cc1C. The van der Waals surface area contributed by atoms with E-state index in [1.807, 2.05) is 32.9 Å². The van der Waals surface area contributed by atoms with E-state index in [1.165, 1.54) is 0 Å². The maximum Gasteiger partial charge on any atom is 0.328 e. The van der Waals surface area contributed by atoms with E-state index in [1.54, 1.807) is 0 Å². The second-order valence-electron chi connectivity index (χ2n) is 5.80. The number of carbonyl (C=O) groups excluding carboxylic acids is 3. The molecule has 0 saturated heterocycles. The first-order chi connectivity index (χ1) is 11.1. The summed E-state index contributed by atoms with van der Waals surface area (Å²) in [5, 5.41) is 2.41. The van der Waals surface area contributed by atoms with Gasteiger partial charge in [-0.3, -0.25) is 9.59 Å². The number of nitrogens with one attached hydrogen (secondary N) is 1. The van der Waals surface area contributed by atoms with Gasteiger partial charge in [0.15, 0.2) is 6.17 Å². The molecular weight excluding hydrogens is 315 g/mol. The van der Waals surface area contributed by atoms with Crippen LogP contribution in [0, 0.1) is 20.8 Å². The zero-order valence-corrected chi connectivity index (χ0v) is 14.3. The van der Waals surface area contributed by atoms with E-state index in [0.29, 0.717) is 0 Å². The van der Waals surface area contributed by atoms with Crippen LogP contribution in [0.4, 0.5) is 4.39 Å². The Bertz CT molecular complexity index is 622. The minimum atomic E-state index is -2.04. The fourth-order valence-electron chi connectivity index (χ4n) is 2.57. The molecule has 0 spiro atoms. The maximum atomic E-state index is 13.5. The number of ether oxygens (including phenoxy) is 1. The van der Waals surface area contributed by atoms with Gasteiger partial charge in [0.2, 0.25) is 5.91 Å². The number of esters is 1. The Morgan fingerprint density at radius 1 is 1.21 bits per heavy atom. The van der Waals surface area contributed by atoms with E-state index < -0.39 is 36.4 Å². The van der Waals surface area contributed by atoms with Crippen LogP contribution >= 0.6 is 0 Å². The molecule has 0 heterocycles. The summed E-state index contributed by atoms with van der Waals surface area (Å²) in [7, 11) is 1.12. The molecule has 2 atom stereocenters. The lowest BCUT2D eigenvalue weighted by molar-refractivity contribution is -0.146. The van der Waals surface area contributed by atoms with E-state index in [2.05, 4.69) is 10.1 Å². The number of primary amides is 1. The Morgan fingerprint density at radius 3 is 2.21 bits per heavy atom. The van der Waals surface area contributed by atoms with E-state index in [0.717, 1.165) is 29.4 Å². The molecule has 1 aromatic carbocycles. The molecule has 0 saturated carbocycles. The van der Waals surface area contributed by atoms with Crippen molar-refractivity contribution in [2.24, 2.45) is 5.73 Å². The fraction of sp³-hybridized carbons (Fsp3) is 0.471. The number of benzene rings is 1. The molecule has 1 aromatic rings. The van der Waals surface area contributed by atoms with Gasteiger partial charge in [0.1, 0.15) is 6.04 Å². The zero-order valence-electron chi connectivity index (χ0n) is 14.3. The average molecular weight is 338 g/mol. The van der Waals surface area contributed by atoms with Crippen molar-refractivity contribution >= 4 is 17.8 Å². The lowest BCUT2D eigenvalue weighted by Gasteiger charge is -2.18. The number of hydrogen-bond donors (Lipinski definition) is 2. The van der Waals surface area contributed by atoms with Gasteiger partial charge in [0, 0.05) is 6.42 Å². The summed E-state index contributed by atoms with van der Waals surface area (Å²) in [6.45, 7) is 5.75. The van der Waals surface area contributed by atoms with Crippen LogP contribution in [-0.2, 0) is 25.5 Å². The first-order valence-corrected chi connectivity index (χ1v) is 7.53. The normalized spacial score (nSPS) is 13.0. The summed E-state index contributed by atoms with van der Waals surface area (Å²) in [4.78, 5) is 34.7.